The summed E-state index contributed by atoms with van der Waals surface area (Å²) in [6, 6.07) is 7.66. The number of H-pyrrole nitrogens is 1. The Morgan fingerprint density at radius 2 is 2.00 bits per heavy atom. The maximum Gasteiger partial charge on any atom is 0.328 e. The van der Waals surface area contributed by atoms with Crippen LogP contribution in [-0.4, -0.2) is 22.4 Å². The van der Waals surface area contributed by atoms with Crippen molar-refractivity contribution in [2.75, 3.05) is 12.9 Å². The van der Waals surface area contributed by atoms with Crippen molar-refractivity contribution in [1.82, 2.24) is 9.55 Å². The molecule has 0 aliphatic rings. The van der Waals surface area contributed by atoms with Gasteiger partial charge in [-0.05, 0) is 30.5 Å². The third-order valence-corrected chi connectivity index (χ3v) is 3.64. The Morgan fingerprint density at radius 3 is 2.65 bits per heavy atom. The number of hydrogen-bond acceptors (Lipinski definition) is 4. The summed E-state index contributed by atoms with van der Waals surface area (Å²) in [5.41, 5.74) is -1.08. The molecule has 106 valence electrons. The molecule has 1 aromatic carbocycles. The first-order valence-corrected chi connectivity index (χ1v) is 7.46. The van der Waals surface area contributed by atoms with Gasteiger partial charge in [0.05, 0.1) is 6.54 Å². The van der Waals surface area contributed by atoms with Gasteiger partial charge < -0.3 is 4.74 Å². The normalized spacial score (nSPS) is 10.5. The monoisotopic (exact) mass is 312 g/mol. The van der Waals surface area contributed by atoms with E-state index >= 15 is 0 Å². The number of rotatable bonds is 5. The second kappa shape index (κ2) is 6.67. The number of nitrogens with one attached hydrogen (secondary N) is 1. The summed E-state index contributed by atoms with van der Waals surface area (Å²) < 4.78 is 6.84. The molecule has 1 heterocycles. The van der Waals surface area contributed by atoms with Crippen LogP contribution in [0.2, 0.25) is 5.02 Å². The predicted molar refractivity (Wildman–Crippen MR) is 80.1 cm³/mol. The fraction of sp³-hybridized carbons (Fsp3) is 0.231. The molecule has 0 amide bonds. The smallest absolute Gasteiger partial charge is 0.328 e. The summed E-state index contributed by atoms with van der Waals surface area (Å²) in [6.45, 7) is 0.612. The number of aromatic nitrogens is 2. The first kappa shape index (κ1) is 14.7. The van der Waals surface area contributed by atoms with Gasteiger partial charge in [0.25, 0.3) is 5.56 Å². The zero-order chi connectivity index (χ0) is 14.5. The lowest BCUT2D eigenvalue weighted by Crippen LogP contribution is -2.31. The van der Waals surface area contributed by atoms with Gasteiger partial charge in [-0.15, -0.1) is 11.8 Å². The summed E-state index contributed by atoms with van der Waals surface area (Å²) in [5, 5.41) is -0.0195. The maximum atomic E-state index is 11.5. The second-order valence-corrected chi connectivity index (χ2v) is 5.24. The lowest BCUT2D eigenvalue weighted by atomic mass is 10.3. The van der Waals surface area contributed by atoms with Crippen LogP contribution >= 0.6 is 23.4 Å². The molecule has 0 bridgehead atoms. The van der Waals surface area contributed by atoms with Crippen molar-refractivity contribution in [2.45, 2.75) is 11.4 Å². The van der Waals surface area contributed by atoms with Gasteiger partial charge in [0.15, 0.2) is 0 Å². The molecule has 20 heavy (non-hydrogen) atoms. The van der Waals surface area contributed by atoms with Crippen molar-refractivity contribution in [3.05, 3.63) is 56.3 Å². The number of nitrogens with zero attached hydrogens (tertiary/aromatic N) is 1. The van der Waals surface area contributed by atoms with E-state index in [4.69, 9.17) is 16.3 Å². The van der Waals surface area contributed by atoms with E-state index in [1.807, 2.05) is 30.5 Å². The zero-order valence-electron chi connectivity index (χ0n) is 10.8. The quantitative estimate of drug-likeness (QED) is 0.858. The summed E-state index contributed by atoms with van der Waals surface area (Å²) in [4.78, 5) is 25.9. The molecule has 0 atom stereocenters. The summed E-state index contributed by atoms with van der Waals surface area (Å²) in [7, 11) is 0. The lowest BCUT2D eigenvalue weighted by molar-refractivity contribution is 0.295. The Bertz CT molecular complexity index is 694. The molecule has 0 aliphatic carbocycles. The molecule has 2 aromatic rings. The van der Waals surface area contributed by atoms with Gasteiger partial charge in [0.1, 0.15) is 17.4 Å². The predicted octanol–water partition coefficient (Wildman–Crippen LogP) is 1.99. The number of thioether (sulfide) groups is 1. The van der Waals surface area contributed by atoms with Crippen LogP contribution in [0, 0.1) is 0 Å². The van der Waals surface area contributed by atoms with E-state index in [1.165, 1.54) is 10.8 Å². The van der Waals surface area contributed by atoms with Crippen molar-refractivity contribution in [3.63, 3.8) is 0 Å². The molecule has 0 aliphatic heterocycles. The van der Waals surface area contributed by atoms with Crippen LogP contribution in [0.4, 0.5) is 0 Å². The van der Waals surface area contributed by atoms with E-state index in [1.54, 1.807) is 11.8 Å². The summed E-state index contributed by atoms with van der Waals surface area (Å²) in [6.07, 6.45) is 3.31. The van der Waals surface area contributed by atoms with E-state index < -0.39 is 11.2 Å². The topological polar surface area (TPSA) is 64.1 Å². The first-order chi connectivity index (χ1) is 9.60. The molecule has 7 heteroatoms. The minimum Gasteiger partial charge on any atom is -0.492 e. The molecular weight excluding hydrogens is 300 g/mol. The Kier molecular flexibility index (Phi) is 4.92. The Balaban J connectivity index is 1.97. The fourth-order valence-electron chi connectivity index (χ4n) is 1.58. The SMILES string of the molecule is CSc1ccc(OCCn2cc(Cl)c(=O)[nH]c2=O)cc1. The van der Waals surface area contributed by atoms with Gasteiger partial charge >= 0.3 is 5.69 Å². The second-order valence-electron chi connectivity index (χ2n) is 3.95. The molecule has 0 spiro atoms. The highest BCUT2D eigenvalue weighted by atomic mass is 35.5. The highest BCUT2D eigenvalue weighted by molar-refractivity contribution is 7.98. The summed E-state index contributed by atoms with van der Waals surface area (Å²) >= 11 is 7.32. The van der Waals surface area contributed by atoms with Crippen molar-refractivity contribution in [2.24, 2.45) is 0 Å². The third kappa shape index (κ3) is 3.68. The van der Waals surface area contributed by atoms with Crippen LogP contribution in [0.3, 0.4) is 0 Å². The Labute approximate surface area is 124 Å². The molecule has 1 N–H and O–H groups in total. The van der Waals surface area contributed by atoms with Crippen molar-refractivity contribution in [3.8, 4) is 5.75 Å². The van der Waals surface area contributed by atoms with Crippen LogP contribution in [-0.2, 0) is 6.54 Å². The van der Waals surface area contributed by atoms with Crippen LogP contribution in [0.15, 0.2) is 44.9 Å². The lowest BCUT2D eigenvalue weighted by Gasteiger charge is -2.08. The first-order valence-electron chi connectivity index (χ1n) is 5.86. The van der Waals surface area contributed by atoms with E-state index in [0.29, 0.717) is 13.2 Å². The number of aromatic amines is 1. The number of halogens is 1. The number of hydrogen-bond donors (Lipinski definition) is 1. The molecular formula is C13H13ClN2O3S. The van der Waals surface area contributed by atoms with E-state index in [0.717, 1.165) is 10.6 Å². The molecule has 0 saturated carbocycles. The Morgan fingerprint density at radius 1 is 1.30 bits per heavy atom. The van der Waals surface area contributed by atoms with Gasteiger partial charge in [0, 0.05) is 11.1 Å². The van der Waals surface area contributed by atoms with Crippen molar-refractivity contribution in [1.29, 1.82) is 0 Å². The average Bonchev–Trinajstić information content (AvgIpc) is 2.45. The van der Waals surface area contributed by atoms with Gasteiger partial charge in [0.2, 0.25) is 0 Å². The standard InChI is InChI=1S/C13H13ClN2O3S/c1-20-10-4-2-9(3-5-10)19-7-6-16-8-11(14)12(17)15-13(16)18/h2-5,8H,6-7H2,1H3,(H,15,17,18). The van der Waals surface area contributed by atoms with Gasteiger partial charge in [-0.1, -0.05) is 11.6 Å². The van der Waals surface area contributed by atoms with Gasteiger partial charge in [-0.25, -0.2) is 4.79 Å². The largest absolute Gasteiger partial charge is 0.492 e. The molecule has 0 radical (unpaired) electrons. The molecule has 2 rings (SSSR count). The molecule has 5 nitrogen and oxygen atoms in total. The van der Waals surface area contributed by atoms with Crippen molar-refractivity contribution < 1.29 is 4.74 Å². The average molecular weight is 313 g/mol. The Hall–Kier alpha value is -1.66. The molecule has 0 saturated heterocycles. The van der Waals surface area contributed by atoms with Gasteiger partial charge in [-0.3, -0.25) is 14.3 Å². The van der Waals surface area contributed by atoms with E-state index in [-0.39, 0.29) is 5.02 Å². The molecule has 0 unspecified atom stereocenters. The van der Waals surface area contributed by atoms with Crippen LogP contribution in [0.1, 0.15) is 0 Å². The fourth-order valence-corrected chi connectivity index (χ4v) is 2.16. The van der Waals surface area contributed by atoms with Crippen LogP contribution in [0.25, 0.3) is 0 Å². The van der Waals surface area contributed by atoms with Gasteiger partial charge in [-0.2, -0.15) is 0 Å². The highest BCUT2D eigenvalue weighted by Crippen LogP contribution is 2.18. The molecule has 1 aromatic heterocycles. The molecule has 0 fully saturated rings. The minimum atomic E-state index is -0.582. The number of benzene rings is 1. The summed E-state index contributed by atoms with van der Waals surface area (Å²) in [5.74, 6) is 0.728. The van der Waals surface area contributed by atoms with Crippen LogP contribution in [0.5, 0.6) is 5.75 Å². The maximum absolute atomic E-state index is 11.5. The zero-order valence-corrected chi connectivity index (χ0v) is 12.3. The van der Waals surface area contributed by atoms with Crippen molar-refractivity contribution >= 4 is 23.4 Å². The minimum absolute atomic E-state index is 0.0195. The van der Waals surface area contributed by atoms with E-state index in [2.05, 4.69) is 4.98 Å². The highest BCUT2D eigenvalue weighted by Gasteiger charge is 2.02. The van der Waals surface area contributed by atoms with Crippen LogP contribution < -0.4 is 16.0 Å². The van der Waals surface area contributed by atoms with E-state index in [9.17, 15) is 9.59 Å². The number of ether oxygens (including phenoxy) is 1. The third-order valence-electron chi connectivity index (χ3n) is 2.63.